The Hall–Kier alpha value is -2.57. The Bertz CT molecular complexity index is 908. The van der Waals surface area contributed by atoms with E-state index in [9.17, 15) is 4.79 Å². The SMILES string of the molecule is O=C(C[NH+]1CC[NH+](Cc2ccc3c(c2)OCO3)CC1)N[C@@H]1CCCc2ccccc21. The molecular formula is C24H31N3O3+2. The molecule has 0 saturated carbocycles. The predicted octanol–water partition coefficient (Wildman–Crippen LogP) is -0.107. The number of benzene rings is 2. The molecule has 1 fully saturated rings. The second kappa shape index (κ2) is 8.66. The largest absolute Gasteiger partial charge is 0.454 e. The number of fused-ring (bicyclic) bond motifs is 2. The molecule has 0 radical (unpaired) electrons. The van der Waals surface area contributed by atoms with Crippen LogP contribution in [0.3, 0.4) is 0 Å². The number of hydrogen-bond donors (Lipinski definition) is 3. The first kappa shape index (κ1) is 19.4. The van der Waals surface area contributed by atoms with Crippen molar-refractivity contribution in [1.82, 2.24) is 5.32 Å². The lowest BCUT2D eigenvalue weighted by atomic mass is 9.88. The van der Waals surface area contributed by atoms with E-state index < -0.39 is 0 Å². The van der Waals surface area contributed by atoms with Gasteiger partial charge in [-0.15, -0.1) is 0 Å². The Kier molecular flexibility index (Phi) is 5.60. The smallest absolute Gasteiger partial charge is 0.275 e. The lowest BCUT2D eigenvalue weighted by Gasteiger charge is -2.30. The normalized spacial score (nSPS) is 24.9. The Balaban J connectivity index is 1.09. The number of piperazine rings is 1. The summed E-state index contributed by atoms with van der Waals surface area (Å²) in [5, 5.41) is 3.30. The number of rotatable bonds is 5. The highest BCUT2D eigenvalue weighted by Crippen LogP contribution is 2.32. The van der Waals surface area contributed by atoms with Crippen molar-refractivity contribution < 1.29 is 24.1 Å². The van der Waals surface area contributed by atoms with Gasteiger partial charge in [0, 0.05) is 5.56 Å². The van der Waals surface area contributed by atoms with Crippen LogP contribution in [0.5, 0.6) is 11.5 Å². The van der Waals surface area contributed by atoms with Crippen LogP contribution in [0.25, 0.3) is 0 Å². The maximum atomic E-state index is 12.7. The predicted molar refractivity (Wildman–Crippen MR) is 113 cm³/mol. The summed E-state index contributed by atoms with van der Waals surface area (Å²) in [6, 6.07) is 15.0. The summed E-state index contributed by atoms with van der Waals surface area (Å²) < 4.78 is 10.9. The fourth-order valence-electron chi connectivity index (χ4n) is 5.03. The molecule has 3 aliphatic rings. The Morgan fingerprint density at radius 3 is 2.70 bits per heavy atom. The summed E-state index contributed by atoms with van der Waals surface area (Å²) in [5.41, 5.74) is 3.98. The Labute approximate surface area is 177 Å². The highest BCUT2D eigenvalue weighted by molar-refractivity contribution is 5.77. The lowest BCUT2D eigenvalue weighted by Crippen LogP contribution is -3.28. The molecule has 2 aromatic carbocycles. The summed E-state index contributed by atoms with van der Waals surface area (Å²) >= 11 is 0. The third kappa shape index (κ3) is 4.30. The molecule has 5 rings (SSSR count). The summed E-state index contributed by atoms with van der Waals surface area (Å²) in [6.07, 6.45) is 3.32. The molecule has 1 aliphatic carbocycles. The molecule has 2 aromatic rings. The van der Waals surface area contributed by atoms with E-state index in [1.165, 1.54) is 21.6 Å². The standard InChI is InChI=1S/C24H29N3O3/c28-24(25-21-7-3-5-19-4-1-2-6-20(19)21)16-27-12-10-26(11-13-27)15-18-8-9-22-23(14-18)30-17-29-22/h1-2,4,6,8-9,14,21H,3,5,7,10-13,15-17H2,(H,25,28)/p+2/t21-/m1/s1. The molecule has 1 saturated heterocycles. The van der Waals surface area contributed by atoms with Crippen molar-refractivity contribution >= 4 is 5.91 Å². The minimum Gasteiger partial charge on any atom is -0.454 e. The van der Waals surface area contributed by atoms with E-state index >= 15 is 0 Å². The van der Waals surface area contributed by atoms with E-state index in [0.717, 1.165) is 63.5 Å². The molecule has 2 aliphatic heterocycles. The van der Waals surface area contributed by atoms with Gasteiger partial charge in [-0.3, -0.25) is 4.79 Å². The van der Waals surface area contributed by atoms with Gasteiger partial charge < -0.3 is 24.6 Å². The maximum absolute atomic E-state index is 12.7. The van der Waals surface area contributed by atoms with Gasteiger partial charge in [-0.1, -0.05) is 24.3 Å². The van der Waals surface area contributed by atoms with Crippen molar-refractivity contribution in [2.24, 2.45) is 0 Å². The summed E-state index contributed by atoms with van der Waals surface area (Å²) in [4.78, 5) is 15.7. The summed E-state index contributed by atoms with van der Waals surface area (Å²) in [5.74, 6) is 1.89. The van der Waals surface area contributed by atoms with Gasteiger partial charge in [0.05, 0.1) is 6.04 Å². The average molecular weight is 410 g/mol. The lowest BCUT2D eigenvalue weighted by molar-refractivity contribution is -1.02. The molecule has 0 unspecified atom stereocenters. The zero-order valence-corrected chi connectivity index (χ0v) is 17.4. The van der Waals surface area contributed by atoms with Gasteiger partial charge in [0.15, 0.2) is 18.0 Å². The van der Waals surface area contributed by atoms with Gasteiger partial charge in [0.2, 0.25) is 6.79 Å². The van der Waals surface area contributed by atoms with E-state index in [4.69, 9.17) is 9.47 Å². The Morgan fingerprint density at radius 1 is 1.00 bits per heavy atom. The van der Waals surface area contributed by atoms with Crippen molar-refractivity contribution in [3.63, 3.8) is 0 Å². The van der Waals surface area contributed by atoms with E-state index in [0.29, 0.717) is 13.3 Å². The van der Waals surface area contributed by atoms with Crippen LogP contribution in [0.15, 0.2) is 42.5 Å². The van der Waals surface area contributed by atoms with Gasteiger partial charge in [-0.2, -0.15) is 0 Å². The van der Waals surface area contributed by atoms with Crippen molar-refractivity contribution in [1.29, 1.82) is 0 Å². The van der Waals surface area contributed by atoms with Crippen LogP contribution in [0.4, 0.5) is 0 Å². The third-order valence-corrected chi connectivity index (χ3v) is 6.67. The van der Waals surface area contributed by atoms with E-state index in [1.54, 1.807) is 4.90 Å². The van der Waals surface area contributed by atoms with Crippen LogP contribution in [0.1, 0.15) is 35.6 Å². The fraction of sp³-hybridized carbons (Fsp3) is 0.458. The second-order valence-electron chi connectivity index (χ2n) is 8.75. The first-order valence-corrected chi connectivity index (χ1v) is 11.2. The molecule has 0 bridgehead atoms. The van der Waals surface area contributed by atoms with Gasteiger partial charge in [0.1, 0.15) is 32.7 Å². The van der Waals surface area contributed by atoms with Crippen LogP contribution in [-0.4, -0.2) is 45.4 Å². The maximum Gasteiger partial charge on any atom is 0.275 e. The molecule has 1 amide bonds. The first-order valence-electron chi connectivity index (χ1n) is 11.2. The third-order valence-electron chi connectivity index (χ3n) is 6.67. The van der Waals surface area contributed by atoms with Gasteiger partial charge >= 0.3 is 0 Å². The summed E-state index contributed by atoms with van der Waals surface area (Å²) in [6.45, 7) is 6.14. The molecule has 0 aromatic heterocycles. The zero-order chi connectivity index (χ0) is 20.3. The minimum atomic E-state index is 0.180. The second-order valence-corrected chi connectivity index (χ2v) is 8.75. The van der Waals surface area contributed by atoms with Crippen molar-refractivity contribution in [3.8, 4) is 11.5 Å². The molecule has 158 valence electrons. The van der Waals surface area contributed by atoms with Crippen molar-refractivity contribution in [2.75, 3.05) is 39.5 Å². The fourth-order valence-corrected chi connectivity index (χ4v) is 5.03. The molecule has 3 N–H and O–H groups in total. The highest BCUT2D eigenvalue weighted by atomic mass is 16.7. The van der Waals surface area contributed by atoms with Gasteiger partial charge in [0.25, 0.3) is 5.91 Å². The average Bonchev–Trinajstić information content (AvgIpc) is 3.23. The monoisotopic (exact) mass is 409 g/mol. The van der Waals surface area contributed by atoms with Crippen LogP contribution in [-0.2, 0) is 17.8 Å². The van der Waals surface area contributed by atoms with Crippen LogP contribution < -0.4 is 24.6 Å². The minimum absolute atomic E-state index is 0.180. The van der Waals surface area contributed by atoms with Gasteiger partial charge in [-0.05, 0) is 48.6 Å². The first-order chi connectivity index (χ1) is 14.7. The molecule has 0 spiro atoms. The highest BCUT2D eigenvalue weighted by Gasteiger charge is 2.27. The van der Waals surface area contributed by atoms with Crippen LogP contribution in [0.2, 0.25) is 0 Å². The number of aryl methyl sites for hydroxylation is 1. The number of quaternary nitrogens is 2. The van der Waals surface area contributed by atoms with E-state index in [-0.39, 0.29) is 11.9 Å². The number of nitrogens with one attached hydrogen (secondary N) is 3. The topological polar surface area (TPSA) is 56.4 Å². The number of amides is 1. The summed E-state index contributed by atoms with van der Waals surface area (Å²) in [7, 11) is 0. The molecular weight excluding hydrogens is 378 g/mol. The molecule has 2 heterocycles. The van der Waals surface area contributed by atoms with Crippen molar-refractivity contribution in [2.45, 2.75) is 31.8 Å². The molecule has 6 heteroatoms. The molecule has 1 atom stereocenters. The number of carbonyl (C=O) groups excluding carboxylic acids is 1. The zero-order valence-electron chi connectivity index (χ0n) is 17.4. The van der Waals surface area contributed by atoms with E-state index in [2.05, 4.69) is 41.7 Å². The van der Waals surface area contributed by atoms with Crippen LogP contribution in [0, 0.1) is 0 Å². The van der Waals surface area contributed by atoms with Crippen LogP contribution >= 0.6 is 0 Å². The number of hydrogen-bond acceptors (Lipinski definition) is 3. The van der Waals surface area contributed by atoms with Crippen molar-refractivity contribution in [3.05, 3.63) is 59.2 Å². The Morgan fingerprint density at radius 2 is 1.80 bits per heavy atom. The molecule has 6 nitrogen and oxygen atoms in total. The van der Waals surface area contributed by atoms with E-state index in [1.807, 2.05) is 6.07 Å². The van der Waals surface area contributed by atoms with Gasteiger partial charge in [-0.25, -0.2) is 0 Å². The number of ether oxygens (including phenoxy) is 2. The quantitative estimate of drug-likeness (QED) is 0.646. The number of carbonyl (C=O) groups is 1. The molecule has 30 heavy (non-hydrogen) atoms.